The van der Waals surface area contributed by atoms with Gasteiger partial charge in [-0.15, -0.1) is 0 Å². The zero-order chi connectivity index (χ0) is 17.2. The minimum absolute atomic E-state index is 0.0986. The number of nitrogens with one attached hydrogen (secondary N) is 1. The Morgan fingerprint density at radius 2 is 1.92 bits per heavy atom. The maximum absolute atomic E-state index is 14.2. The van der Waals surface area contributed by atoms with Gasteiger partial charge >= 0.3 is 0 Å². The van der Waals surface area contributed by atoms with Crippen molar-refractivity contribution < 1.29 is 17.5 Å². The first kappa shape index (κ1) is 16.1. The summed E-state index contributed by atoms with van der Waals surface area (Å²) in [5.41, 5.74) is 1.28. The molecule has 0 radical (unpaired) electrons. The smallest absolute Gasteiger partial charge is 0.243 e. The molecular weight excluding hydrogens is 333 g/mol. The summed E-state index contributed by atoms with van der Waals surface area (Å²) in [6.07, 6.45) is 1.01. The first-order chi connectivity index (χ1) is 11.4. The largest absolute Gasteiger partial charge is 0.486 e. The van der Waals surface area contributed by atoms with Gasteiger partial charge in [-0.2, -0.15) is 10.1 Å². The van der Waals surface area contributed by atoms with Crippen LogP contribution in [-0.4, -0.2) is 29.9 Å². The Bertz CT molecular complexity index is 956. The van der Waals surface area contributed by atoms with Crippen LogP contribution in [0.2, 0.25) is 0 Å². The normalized spacial score (nSPS) is 11.4. The number of hydrogen-bond donors (Lipinski definition) is 1. The number of ether oxygens (including phenoxy) is 1. The Balaban J connectivity index is 1.78. The topological polar surface area (TPSA) is 84.9 Å². The molecule has 0 aliphatic rings. The molecule has 0 aliphatic heterocycles. The molecule has 1 aromatic heterocycles. The highest BCUT2D eigenvalue weighted by molar-refractivity contribution is 7.90. The van der Waals surface area contributed by atoms with Crippen molar-refractivity contribution in [2.45, 2.75) is 11.8 Å². The fourth-order valence-electron chi connectivity index (χ4n) is 2.03. The van der Waals surface area contributed by atoms with E-state index < -0.39 is 15.7 Å². The van der Waals surface area contributed by atoms with Crippen LogP contribution in [0, 0.1) is 5.82 Å². The average Bonchev–Trinajstić information content (AvgIpc) is 3.05. The van der Waals surface area contributed by atoms with Crippen LogP contribution < -0.4 is 4.74 Å². The minimum atomic E-state index is -3.50. The Hall–Kier alpha value is -2.74. The van der Waals surface area contributed by atoms with Gasteiger partial charge in [0.05, 0.1) is 0 Å². The van der Waals surface area contributed by atoms with Crippen LogP contribution in [0.3, 0.4) is 0 Å². The van der Waals surface area contributed by atoms with Gasteiger partial charge in [0.25, 0.3) is 0 Å². The second-order valence-electron chi connectivity index (χ2n) is 5.16. The summed E-state index contributed by atoms with van der Waals surface area (Å²) < 4.78 is 42.4. The van der Waals surface area contributed by atoms with Crippen LogP contribution in [-0.2, 0) is 16.4 Å². The number of nitrogens with zero attached hydrogens (tertiary/aromatic N) is 2. The molecule has 0 aliphatic carbocycles. The zero-order valence-electron chi connectivity index (χ0n) is 12.7. The number of H-pyrrole nitrogens is 1. The third-order valence-corrected chi connectivity index (χ3v) is 4.13. The van der Waals surface area contributed by atoms with E-state index in [1.54, 1.807) is 6.07 Å². The number of halogens is 1. The Labute approximate surface area is 138 Å². The molecule has 0 unspecified atom stereocenters. The molecule has 3 aromatic rings. The molecule has 124 valence electrons. The third kappa shape index (κ3) is 3.60. The van der Waals surface area contributed by atoms with E-state index >= 15 is 0 Å². The highest BCUT2D eigenvalue weighted by atomic mass is 32.2. The third-order valence-electron chi connectivity index (χ3n) is 3.24. The molecule has 1 N–H and O–H groups in total. The fraction of sp³-hybridized carbons (Fsp3) is 0.125. The van der Waals surface area contributed by atoms with Crippen LogP contribution in [0.1, 0.15) is 5.56 Å². The molecule has 6 nitrogen and oxygen atoms in total. The number of benzene rings is 2. The monoisotopic (exact) mass is 347 g/mol. The summed E-state index contributed by atoms with van der Waals surface area (Å²) in [6.45, 7) is 0.246. The lowest BCUT2D eigenvalue weighted by molar-refractivity contribution is 0.290. The highest BCUT2D eigenvalue weighted by Crippen LogP contribution is 2.24. The van der Waals surface area contributed by atoms with Gasteiger partial charge in [0.1, 0.15) is 6.61 Å². The number of hydrogen-bond acceptors (Lipinski definition) is 5. The van der Waals surface area contributed by atoms with Gasteiger partial charge in [-0.1, -0.05) is 30.3 Å². The average molecular weight is 347 g/mol. The number of aromatic nitrogens is 3. The molecule has 8 heteroatoms. The van der Waals surface area contributed by atoms with Crippen molar-refractivity contribution in [1.29, 1.82) is 0 Å². The fourth-order valence-corrected chi connectivity index (χ4v) is 2.50. The Morgan fingerprint density at radius 1 is 1.17 bits per heavy atom. The highest BCUT2D eigenvalue weighted by Gasteiger charge is 2.15. The molecule has 0 fully saturated rings. The maximum Gasteiger partial charge on any atom is 0.243 e. The molecule has 2 aromatic carbocycles. The van der Waals surface area contributed by atoms with Crippen molar-refractivity contribution in [3.05, 3.63) is 59.9 Å². The number of rotatable bonds is 5. The van der Waals surface area contributed by atoms with Crippen LogP contribution in [0.5, 0.6) is 5.75 Å². The lowest BCUT2D eigenvalue weighted by Crippen LogP contribution is -1.99. The van der Waals surface area contributed by atoms with Crippen LogP contribution in [0.25, 0.3) is 11.4 Å². The second kappa shape index (κ2) is 6.40. The van der Waals surface area contributed by atoms with E-state index in [-0.39, 0.29) is 23.3 Å². The summed E-state index contributed by atoms with van der Waals surface area (Å²) >= 11 is 0. The first-order valence-electron chi connectivity index (χ1n) is 7.02. The van der Waals surface area contributed by atoms with Gasteiger partial charge in [-0.25, -0.2) is 17.9 Å². The molecule has 1 heterocycles. The molecule has 0 atom stereocenters. The second-order valence-corrected chi connectivity index (χ2v) is 7.09. The summed E-state index contributed by atoms with van der Waals surface area (Å²) in [6, 6.07) is 13.6. The molecule has 0 saturated carbocycles. The lowest BCUT2D eigenvalue weighted by atomic mass is 10.2. The van der Waals surface area contributed by atoms with E-state index in [4.69, 9.17) is 4.74 Å². The van der Waals surface area contributed by atoms with E-state index in [1.807, 2.05) is 30.3 Å². The molecular formula is C16H14FN3O3S. The van der Waals surface area contributed by atoms with Gasteiger partial charge in [0.15, 0.2) is 17.4 Å². The predicted molar refractivity (Wildman–Crippen MR) is 85.7 cm³/mol. The SMILES string of the molecule is CS(=O)(=O)c1nc(-c2ccc(OCc3ccccc3)c(F)c2)n[nH]1. The minimum Gasteiger partial charge on any atom is -0.486 e. The number of aromatic amines is 1. The maximum atomic E-state index is 14.2. The summed E-state index contributed by atoms with van der Waals surface area (Å²) in [5, 5.41) is 5.85. The summed E-state index contributed by atoms with van der Waals surface area (Å²) in [7, 11) is -3.50. The van der Waals surface area contributed by atoms with Crippen molar-refractivity contribution in [2.75, 3.05) is 6.26 Å². The summed E-state index contributed by atoms with van der Waals surface area (Å²) in [5.74, 6) is -0.375. The van der Waals surface area contributed by atoms with Crippen LogP contribution in [0.15, 0.2) is 53.7 Å². The Morgan fingerprint density at radius 3 is 2.54 bits per heavy atom. The molecule has 24 heavy (non-hydrogen) atoms. The van der Waals surface area contributed by atoms with Gasteiger partial charge in [-0.3, -0.25) is 0 Å². The van der Waals surface area contributed by atoms with E-state index in [9.17, 15) is 12.8 Å². The standard InChI is InChI=1S/C16H14FN3O3S/c1-24(21,22)16-18-15(19-20-16)12-7-8-14(13(17)9-12)23-10-11-5-3-2-4-6-11/h2-9H,10H2,1H3,(H,18,19,20). The predicted octanol–water partition coefficient (Wildman–Crippen LogP) is 2.59. The van der Waals surface area contributed by atoms with Gasteiger partial charge in [0, 0.05) is 11.8 Å². The Kier molecular flexibility index (Phi) is 4.30. The molecule has 3 rings (SSSR count). The lowest BCUT2D eigenvalue weighted by Gasteiger charge is -2.08. The van der Waals surface area contributed by atoms with Crippen LogP contribution in [0.4, 0.5) is 4.39 Å². The van der Waals surface area contributed by atoms with Gasteiger partial charge in [0.2, 0.25) is 15.0 Å². The molecule has 0 bridgehead atoms. The van der Waals surface area contributed by atoms with Crippen molar-refractivity contribution in [3.63, 3.8) is 0 Å². The molecule has 0 amide bonds. The van der Waals surface area contributed by atoms with Gasteiger partial charge < -0.3 is 4.74 Å². The van der Waals surface area contributed by atoms with Crippen molar-refractivity contribution in [2.24, 2.45) is 0 Å². The van der Waals surface area contributed by atoms with Gasteiger partial charge in [-0.05, 0) is 23.8 Å². The quantitative estimate of drug-likeness (QED) is 0.767. The van der Waals surface area contributed by atoms with Crippen molar-refractivity contribution in [1.82, 2.24) is 15.2 Å². The van der Waals surface area contributed by atoms with E-state index in [0.717, 1.165) is 11.8 Å². The summed E-state index contributed by atoms with van der Waals surface area (Å²) in [4.78, 5) is 3.85. The van der Waals surface area contributed by atoms with E-state index in [1.165, 1.54) is 12.1 Å². The molecule has 0 spiro atoms. The number of sulfone groups is 1. The molecule has 0 saturated heterocycles. The zero-order valence-corrected chi connectivity index (χ0v) is 13.5. The van der Waals surface area contributed by atoms with Crippen LogP contribution >= 0.6 is 0 Å². The first-order valence-corrected chi connectivity index (χ1v) is 8.92. The van der Waals surface area contributed by atoms with Crippen molar-refractivity contribution in [3.8, 4) is 17.1 Å². The van der Waals surface area contributed by atoms with E-state index in [0.29, 0.717) is 5.56 Å². The van der Waals surface area contributed by atoms with E-state index in [2.05, 4.69) is 15.2 Å². The van der Waals surface area contributed by atoms with Crippen molar-refractivity contribution >= 4 is 9.84 Å².